The highest BCUT2D eigenvalue weighted by Crippen LogP contribution is 2.49. The van der Waals surface area contributed by atoms with Gasteiger partial charge in [0.15, 0.2) is 0 Å². The van der Waals surface area contributed by atoms with E-state index < -0.39 is 13.4 Å². The van der Waals surface area contributed by atoms with E-state index in [4.69, 9.17) is 44.3 Å². The molecule has 0 amide bonds. The van der Waals surface area contributed by atoms with Gasteiger partial charge in [-0.15, -0.1) is 44.3 Å². The highest BCUT2D eigenvalue weighted by atomic mass is 35.7. The Morgan fingerprint density at radius 1 is 0.917 bits per heavy atom. The van der Waals surface area contributed by atoms with E-state index in [2.05, 4.69) is 38.1 Å². The average Bonchev–Trinajstić information content (AvgIpc) is 2.49. The second-order valence-corrected chi connectivity index (χ2v) is 22.7. The van der Waals surface area contributed by atoms with Crippen LogP contribution in [0.4, 0.5) is 0 Å². The van der Waals surface area contributed by atoms with E-state index in [1.807, 2.05) is 12.6 Å². The fourth-order valence-corrected chi connectivity index (χ4v) is 21.2. The van der Waals surface area contributed by atoms with E-state index in [1.165, 1.54) is 31.2 Å². The van der Waals surface area contributed by atoms with Crippen LogP contribution in [-0.4, -0.2) is 13.4 Å². The minimum Gasteiger partial charge on any atom is -0.146 e. The first kappa shape index (κ1) is 22.9. The Bertz CT molecular complexity index is 460. The van der Waals surface area contributed by atoms with E-state index in [1.54, 1.807) is 0 Å². The molecule has 0 aromatic heterocycles. The fourth-order valence-electron chi connectivity index (χ4n) is 3.24. The zero-order valence-corrected chi connectivity index (χ0v) is 20.0. The molecule has 0 saturated carbocycles. The molecule has 1 aromatic rings. The van der Waals surface area contributed by atoms with E-state index in [9.17, 15) is 0 Å². The summed E-state index contributed by atoms with van der Waals surface area (Å²) in [6.45, 7) is 1.45. The van der Waals surface area contributed by atoms with Crippen LogP contribution in [0.5, 0.6) is 0 Å². The standard InChI is InChI=1S/C18H30Cl4Si2/c1-4-5-6-7-11-14-18(23(3,19)20)24(21,22)15-16(2)17-12-9-8-10-13-17/h8-10,12-13,16,18H,4-7,11,14-15H2,1-3H3. The third-order valence-corrected chi connectivity index (χ3v) is 18.1. The molecule has 0 fully saturated rings. The fraction of sp³-hybridized carbons (Fsp3) is 0.667. The van der Waals surface area contributed by atoms with Crippen molar-refractivity contribution in [3.05, 3.63) is 35.9 Å². The van der Waals surface area contributed by atoms with Gasteiger partial charge in [0.1, 0.15) is 0 Å². The zero-order chi connectivity index (χ0) is 18.2. The number of rotatable bonds is 11. The molecule has 0 aliphatic rings. The third kappa shape index (κ3) is 8.01. The number of benzene rings is 1. The number of unbranched alkanes of at least 4 members (excludes halogenated alkanes) is 4. The van der Waals surface area contributed by atoms with Crippen LogP contribution < -0.4 is 0 Å². The van der Waals surface area contributed by atoms with Crippen LogP contribution in [0.15, 0.2) is 30.3 Å². The van der Waals surface area contributed by atoms with E-state index >= 15 is 0 Å². The lowest BCUT2D eigenvalue weighted by atomic mass is 10.0. The van der Waals surface area contributed by atoms with Crippen molar-refractivity contribution in [1.29, 1.82) is 0 Å². The smallest absolute Gasteiger partial charge is 0.146 e. The molecule has 0 aliphatic heterocycles. The topological polar surface area (TPSA) is 0 Å². The number of halogens is 4. The van der Waals surface area contributed by atoms with Gasteiger partial charge in [0.25, 0.3) is 13.4 Å². The minimum atomic E-state index is -2.54. The van der Waals surface area contributed by atoms with Crippen molar-refractivity contribution in [2.45, 2.75) is 76.0 Å². The lowest BCUT2D eigenvalue weighted by molar-refractivity contribution is 0.614. The van der Waals surface area contributed by atoms with Crippen molar-refractivity contribution in [2.24, 2.45) is 0 Å². The Labute approximate surface area is 169 Å². The van der Waals surface area contributed by atoms with Crippen LogP contribution in [0, 0.1) is 0 Å². The second kappa shape index (κ2) is 10.8. The third-order valence-electron chi connectivity index (χ3n) is 4.66. The number of hydrogen-bond acceptors (Lipinski definition) is 0. The molecule has 2 atom stereocenters. The van der Waals surface area contributed by atoms with E-state index in [0.717, 1.165) is 18.9 Å². The monoisotopic (exact) mass is 442 g/mol. The molecule has 0 bridgehead atoms. The molecule has 1 rings (SSSR count). The van der Waals surface area contributed by atoms with Crippen molar-refractivity contribution in [2.75, 3.05) is 0 Å². The maximum atomic E-state index is 6.94. The predicted octanol–water partition coefficient (Wildman–Crippen LogP) is 8.53. The molecule has 1 aromatic carbocycles. The molecule has 6 heteroatoms. The van der Waals surface area contributed by atoms with Crippen LogP contribution in [0.3, 0.4) is 0 Å². The zero-order valence-electron chi connectivity index (χ0n) is 15.0. The first-order chi connectivity index (χ1) is 11.2. The SMILES string of the molecule is CCCCCCCC([Si](C)(Cl)Cl)[Si](Cl)(Cl)CC(C)c1ccccc1. The van der Waals surface area contributed by atoms with Gasteiger partial charge in [-0.1, -0.05) is 82.7 Å². The van der Waals surface area contributed by atoms with Crippen molar-refractivity contribution < 1.29 is 0 Å². The van der Waals surface area contributed by atoms with Gasteiger partial charge in [-0.05, 0) is 24.1 Å². The Morgan fingerprint density at radius 2 is 1.50 bits per heavy atom. The molecule has 0 aliphatic carbocycles. The maximum Gasteiger partial charge on any atom is 0.254 e. The molecule has 0 N–H and O–H groups in total. The van der Waals surface area contributed by atoms with Crippen molar-refractivity contribution in [3.63, 3.8) is 0 Å². The first-order valence-corrected chi connectivity index (χ1v) is 17.9. The summed E-state index contributed by atoms with van der Waals surface area (Å²) < 4.78 is 0. The summed E-state index contributed by atoms with van der Waals surface area (Å²) in [7, 11) is 0. The van der Waals surface area contributed by atoms with Gasteiger partial charge in [0.05, 0.1) is 0 Å². The van der Waals surface area contributed by atoms with E-state index in [-0.39, 0.29) is 5.16 Å². The van der Waals surface area contributed by atoms with Gasteiger partial charge < -0.3 is 0 Å². The van der Waals surface area contributed by atoms with Crippen LogP contribution in [0.25, 0.3) is 0 Å². The van der Waals surface area contributed by atoms with Crippen LogP contribution >= 0.6 is 44.3 Å². The van der Waals surface area contributed by atoms with Crippen LogP contribution in [0.2, 0.25) is 17.8 Å². The van der Waals surface area contributed by atoms with Crippen LogP contribution in [0.1, 0.15) is 63.9 Å². The molecule has 0 spiro atoms. The first-order valence-electron chi connectivity index (χ1n) is 8.99. The summed E-state index contributed by atoms with van der Waals surface area (Å²) in [5.41, 5.74) is 1.28. The summed E-state index contributed by atoms with van der Waals surface area (Å²) in [4.78, 5) is 0. The summed E-state index contributed by atoms with van der Waals surface area (Å²) in [6, 6.07) is 11.2. The highest BCUT2D eigenvalue weighted by molar-refractivity contribution is 7.57. The predicted molar refractivity (Wildman–Crippen MR) is 118 cm³/mol. The summed E-state index contributed by atoms with van der Waals surface area (Å²) in [5.74, 6) is 0.333. The van der Waals surface area contributed by atoms with Gasteiger partial charge in [-0.3, -0.25) is 0 Å². The van der Waals surface area contributed by atoms with Gasteiger partial charge in [0.2, 0.25) is 0 Å². The number of hydrogen-bond donors (Lipinski definition) is 0. The summed E-state index contributed by atoms with van der Waals surface area (Å²) >= 11 is 27.1. The molecule has 0 nitrogen and oxygen atoms in total. The highest BCUT2D eigenvalue weighted by Gasteiger charge is 2.49. The van der Waals surface area contributed by atoms with Crippen molar-refractivity contribution in [3.8, 4) is 0 Å². The van der Waals surface area contributed by atoms with Gasteiger partial charge in [-0.25, -0.2) is 0 Å². The normalized spacial score (nSPS) is 15.3. The van der Waals surface area contributed by atoms with Gasteiger partial charge >= 0.3 is 0 Å². The molecule has 2 unspecified atom stereocenters. The lowest BCUT2D eigenvalue weighted by Gasteiger charge is -2.34. The molecule has 0 radical (unpaired) electrons. The largest absolute Gasteiger partial charge is 0.254 e. The lowest BCUT2D eigenvalue weighted by Crippen LogP contribution is -2.40. The van der Waals surface area contributed by atoms with E-state index in [0.29, 0.717) is 5.92 Å². The molecule has 0 saturated heterocycles. The second-order valence-electron chi connectivity index (χ2n) is 6.99. The molecule has 24 heavy (non-hydrogen) atoms. The minimum absolute atomic E-state index is 0.115. The Kier molecular flexibility index (Phi) is 10.3. The summed E-state index contributed by atoms with van der Waals surface area (Å²) in [6.07, 6.45) is 7.12. The molecule has 138 valence electrons. The van der Waals surface area contributed by atoms with Gasteiger partial charge in [0, 0.05) is 5.16 Å². The Hall–Kier alpha value is 0.814. The molecular formula is C18H30Cl4Si2. The summed E-state index contributed by atoms with van der Waals surface area (Å²) in [5, 5.41) is 0.115. The quantitative estimate of drug-likeness (QED) is 0.182. The van der Waals surface area contributed by atoms with Gasteiger partial charge in [-0.2, -0.15) is 0 Å². The average molecular weight is 444 g/mol. The Morgan fingerprint density at radius 3 is 2.04 bits per heavy atom. The molecular weight excluding hydrogens is 414 g/mol. The molecule has 0 heterocycles. The van der Waals surface area contributed by atoms with Crippen LogP contribution in [-0.2, 0) is 0 Å². The van der Waals surface area contributed by atoms with Crippen molar-refractivity contribution in [1.82, 2.24) is 0 Å². The Balaban J connectivity index is 2.72. The maximum absolute atomic E-state index is 6.94. The van der Waals surface area contributed by atoms with Crippen molar-refractivity contribution >= 4 is 57.7 Å².